The van der Waals surface area contributed by atoms with Crippen LogP contribution in [0.2, 0.25) is 0 Å². The highest BCUT2D eigenvalue weighted by Crippen LogP contribution is 2.25. The lowest BCUT2D eigenvalue weighted by atomic mass is 9.89. The third-order valence-electron chi connectivity index (χ3n) is 3.44. The number of fused-ring (bicyclic) bond motifs is 4. The van der Waals surface area contributed by atoms with Crippen molar-refractivity contribution in [1.82, 2.24) is 0 Å². The first-order valence-corrected chi connectivity index (χ1v) is 5.51. The van der Waals surface area contributed by atoms with Crippen molar-refractivity contribution in [2.45, 2.75) is 31.3 Å². The highest BCUT2D eigenvalue weighted by Gasteiger charge is 2.29. The minimum absolute atomic E-state index is 0.684. The SMILES string of the molecule is C1=CC[C@@H]2Cc3ccccc3C(C1)[NH2+]2. The molecule has 1 heteroatoms. The summed E-state index contributed by atoms with van der Waals surface area (Å²) in [5.41, 5.74) is 3.14. The maximum Gasteiger partial charge on any atom is 0.115 e. The van der Waals surface area contributed by atoms with Gasteiger partial charge in [-0.15, -0.1) is 0 Å². The molecule has 1 nitrogen and oxygen atoms in total. The van der Waals surface area contributed by atoms with Crippen molar-refractivity contribution >= 4 is 0 Å². The average Bonchev–Trinajstić information content (AvgIpc) is 2.41. The van der Waals surface area contributed by atoms with E-state index >= 15 is 0 Å². The van der Waals surface area contributed by atoms with Crippen LogP contribution in [-0.2, 0) is 6.42 Å². The van der Waals surface area contributed by atoms with Crippen molar-refractivity contribution < 1.29 is 5.32 Å². The Kier molecular flexibility index (Phi) is 1.91. The molecule has 1 aromatic rings. The van der Waals surface area contributed by atoms with E-state index in [1.54, 1.807) is 11.1 Å². The summed E-state index contributed by atoms with van der Waals surface area (Å²) >= 11 is 0. The van der Waals surface area contributed by atoms with Crippen molar-refractivity contribution in [1.29, 1.82) is 0 Å². The smallest absolute Gasteiger partial charge is 0.115 e. The van der Waals surface area contributed by atoms with E-state index in [0.717, 1.165) is 6.04 Å². The molecule has 0 amide bonds. The van der Waals surface area contributed by atoms with Crippen LogP contribution in [0.4, 0.5) is 0 Å². The number of rotatable bonds is 0. The van der Waals surface area contributed by atoms with Gasteiger partial charge in [-0.1, -0.05) is 36.4 Å². The molecule has 2 N–H and O–H groups in total. The molecule has 72 valence electrons. The van der Waals surface area contributed by atoms with Gasteiger partial charge < -0.3 is 5.32 Å². The summed E-state index contributed by atoms with van der Waals surface area (Å²) in [5, 5.41) is 2.56. The zero-order valence-electron chi connectivity index (χ0n) is 8.32. The minimum atomic E-state index is 0.684. The molecule has 0 spiro atoms. The second kappa shape index (κ2) is 3.25. The fourth-order valence-electron chi connectivity index (χ4n) is 2.75. The van der Waals surface area contributed by atoms with Gasteiger partial charge in [0.05, 0.1) is 6.04 Å². The molecule has 2 aliphatic rings. The van der Waals surface area contributed by atoms with Crippen LogP contribution in [0.25, 0.3) is 0 Å². The zero-order chi connectivity index (χ0) is 9.38. The minimum Gasteiger partial charge on any atom is -0.337 e. The van der Waals surface area contributed by atoms with E-state index in [1.165, 1.54) is 19.3 Å². The summed E-state index contributed by atoms with van der Waals surface area (Å²) in [5.74, 6) is 0. The Hall–Kier alpha value is -1.08. The predicted octanol–water partition coefficient (Wildman–Crippen LogP) is 1.57. The van der Waals surface area contributed by atoms with Gasteiger partial charge in [0.1, 0.15) is 6.04 Å². The molecule has 2 heterocycles. The van der Waals surface area contributed by atoms with Crippen molar-refractivity contribution in [2.24, 2.45) is 0 Å². The number of nitrogens with two attached hydrogens (primary N) is 1. The molecular formula is C13H16N+. The second-order valence-corrected chi connectivity index (χ2v) is 4.40. The lowest BCUT2D eigenvalue weighted by molar-refractivity contribution is -0.729. The third kappa shape index (κ3) is 1.28. The maximum absolute atomic E-state index is 2.56. The number of hydrogen-bond donors (Lipinski definition) is 1. The van der Waals surface area contributed by atoms with Gasteiger partial charge in [-0.2, -0.15) is 0 Å². The van der Waals surface area contributed by atoms with E-state index in [4.69, 9.17) is 0 Å². The van der Waals surface area contributed by atoms with Gasteiger partial charge in [-0.05, 0) is 5.56 Å². The quantitative estimate of drug-likeness (QED) is 0.592. The van der Waals surface area contributed by atoms with Gasteiger partial charge in [0, 0.05) is 24.8 Å². The molecule has 14 heavy (non-hydrogen) atoms. The largest absolute Gasteiger partial charge is 0.337 e. The predicted molar refractivity (Wildman–Crippen MR) is 57.0 cm³/mol. The standard InChI is InChI=1S/C13H15N/c1-3-7-12-10(5-1)9-11-6-2-4-8-13(12)14-11/h1-5,7,11,13-14H,6,8-9H2/p+1/t11-,13?/m1/s1. The molecule has 0 radical (unpaired) electrons. The number of quaternary nitrogens is 1. The molecule has 0 aliphatic carbocycles. The van der Waals surface area contributed by atoms with Gasteiger partial charge in [0.25, 0.3) is 0 Å². The monoisotopic (exact) mass is 186 g/mol. The zero-order valence-corrected chi connectivity index (χ0v) is 8.32. The first kappa shape index (κ1) is 8.25. The molecule has 1 unspecified atom stereocenters. The van der Waals surface area contributed by atoms with E-state index in [0.29, 0.717) is 6.04 Å². The Morgan fingerprint density at radius 2 is 1.93 bits per heavy atom. The van der Waals surface area contributed by atoms with Gasteiger partial charge >= 0.3 is 0 Å². The van der Waals surface area contributed by atoms with Crippen molar-refractivity contribution in [3.8, 4) is 0 Å². The summed E-state index contributed by atoms with van der Waals surface area (Å²) in [6.07, 6.45) is 8.39. The first-order valence-electron chi connectivity index (χ1n) is 5.51. The van der Waals surface area contributed by atoms with E-state index in [2.05, 4.69) is 41.7 Å². The van der Waals surface area contributed by atoms with Gasteiger partial charge in [-0.3, -0.25) is 0 Å². The molecule has 0 saturated heterocycles. The molecule has 1 aromatic carbocycles. The van der Waals surface area contributed by atoms with Crippen LogP contribution in [0.1, 0.15) is 30.0 Å². The van der Waals surface area contributed by atoms with Crippen LogP contribution in [0.5, 0.6) is 0 Å². The summed E-state index contributed by atoms with van der Waals surface area (Å²) in [6.45, 7) is 0. The fraction of sp³-hybridized carbons (Fsp3) is 0.385. The van der Waals surface area contributed by atoms with Gasteiger partial charge in [0.15, 0.2) is 0 Å². The second-order valence-electron chi connectivity index (χ2n) is 4.40. The van der Waals surface area contributed by atoms with Gasteiger partial charge in [0.2, 0.25) is 0 Å². The molecule has 0 fully saturated rings. The molecule has 0 saturated carbocycles. The van der Waals surface area contributed by atoms with Gasteiger partial charge in [-0.25, -0.2) is 0 Å². The van der Waals surface area contributed by atoms with Crippen LogP contribution >= 0.6 is 0 Å². The maximum atomic E-state index is 2.56. The van der Waals surface area contributed by atoms with E-state index in [1.807, 2.05) is 0 Å². The van der Waals surface area contributed by atoms with Crippen LogP contribution in [0.15, 0.2) is 36.4 Å². The normalized spacial score (nSPS) is 29.4. The van der Waals surface area contributed by atoms with E-state index in [9.17, 15) is 0 Å². The highest BCUT2D eigenvalue weighted by atomic mass is 15.0. The van der Waals surface area contributed by atoms with Crippen molar-refractivity contribution in [3.05, 3.63) is 47.5 Å². The van der Waals surface area contributed by atoms with Crippen LogP contribution in [0, 0.1) is 0 Å². The Labute approximate surface area is 84.8 Å². The van der Waals surface area contributed by atoms with E-state index in [-0.39, 0.29) is 0 Å². The molecule has 2 bridgehead atoms. The fourth-order valence-corrected chi connectivity index (χ4v) is 2.75. The molecule has 0 aromatic heterocycles. The Balaban J connectivity index is 2.05. The van der Waals surface area contributed by atoms with Crippen LogP contribution in [0.3, 0.4) is 0 Å². The number of hydrogen-bond acceptors (Lipinski definition) is 0. The summed E-state index contributed by atoms with van der Waals surface area (Å²) < 4.78 is 0. The summed E-state index contributed by atoms with van der Waals surface area (Å²) in [7, 11) is 0. The van der Waals surface area contributed by atoms with Crippen LogP contribution in [-0.4, -0.2) is 6.04 Å². The molecular weight excluding hydrogens is 170 g/mol. The average molecular weight is 186 g/mol. The van der Waals surface area contributed by atoms with E-state index < -0.39 is 0 Å². The summed E-state index contributed by atoms with van der Waals surface area (Å²) in [4.78, 5) is 0. The molecule has 2 atom stereocenters. The Morgan fingerprint density at radius 1 is 1.07 bits per heavy atom. The Bertz CT molecular complexity index is 367. The number of benzene rings is 1. The Morgan fingerprint density at radius 3 is 2.93 bits per heavy atom. The topological polar surface area (TPSA) is 16.6 Å². The first-order chi connectivity index (χ1) is 6.93. The third-order valence-corrected chi connectivity index (χ3v) is 3.44. The lowest BCUT2D eigenvalue weighted by Crippen LogP contribution is -2.92. The molecule has 2 aliphatic heterocycles. The summed E-state index contributed by atoms with van der Waals surface area (Å²) in [6, 6.07) is 10.4. The lowest BCUT2D eigenvalue weighted by Gasteiger charge is -2.27. The highest BCUT2D eigenvalue weighted by molar-refractivity contribution is 5.31. The van der Waals surface area contributed by atoms with Crippen molar-refractivity contribution in [3.63, 3.8) is 0 Å². The van der Waals surface area contributed by atoms with Crippen molar-refractivity contribution in [2.75, 3.05) is 0 Å². The molecule has 3 rings (SSSR count). The van der Waals surface area contributed by atoms with Crippen LogP contribution < -0.4 is 5.32 Å².